The predicted molar refractivity (Wildman–Crippen MR) is 119 cm³/mol. The number of nitrogens with zero attached hydrogens (tertiary/aromatic N) is 4. The minimum atomic E-state index is 0.0546. The standard InChI is InChI=1S/C24H33N5O2/c30-24(25-20-7-3-1-4-8-20)29-14-6-2-5-9-21(29)18-12-15-28(16-13-18)17-22-26-23(27-31-22)19-10-11-19/h1,3-4,7-8,18-19,21H,2,5-6,9-17H2,(H,25,30). The Morgan fingerprint density at radius 2 is 1.81 bits per heavy atom. The Balaban J connectivity index is 1.18. The van der Waals surface area contributed by atoms with E-state index in [9.17, 15) is 4.79 Å². The number of benzene rings is 1. The van der Waals surface area contributed by atoms with Crippen LogP contribution in [0.3, 0.4) is 0 Å². The molecule has 2 amide bonds. The van der Waals surface area contributed by atoms with Crippen LogP contribution in [0, 0.1) is 5.92 Å². The van der Waals surface area contributed by atoms with Crippen molar-refractivity contribution < 1.29 is 9.32 Å². The van der Waals surface area contributed by atoms with Gasteiger partial charge in [-0.1, -0.05) is 36.2 Å². The molecule has 2 saturated heterocycles. The quantitative estimate of drug-likeness (QED) is 0.759. The Hall–Kier alpha value is -2.41. The van der Waals surface area contributed by atoms with Crippen molar-refractivity contribution in [2.24, 2.45) is 5.92 Å². The number of piperidine rings is 1. The zero-order valence-corrected chi connectivity index (χ0v) is 18.2. The molecule has 3 fully saturated rings. The molecule has 7 nitrogen and oxygen atoms in total. The topological polar surface area (TPSA) is 74.5 Å². The molecule has 166 valence electrons. The number of hydrogen-bond donors (Lipinski definition) is 1. The molecule has 31 heavy (non-hydrogen) atoms. The Morgan fingerprint density at radius 3 is 2.58 bits per heavy atom. The second kappa shape index (κ2) is 9.39. The summed E-state index contributed by atoms with van der Waals surface area (Å²) in [4.78, 5) is 22.2. The third-order valence-corrected chi connectivity index (χ3v) is 7.05. The Bertz CT molecular complexity index is 858. The van der Waals surface area contributed by atoms with Gasteiger partial charge in [0.1, 0.15) is 0 Å². The summed E-state index contributed by atoms with van der Waals surface area (Å²) in [6.45, 7) is 3.65. The minimum Gasteiger partial charge on any atom is -0.338 e. The number of carbonyl (C=O) groups is 1. The molecule has 1 atom stereocenters. The van der Waals surface area contributed by atoms with Gasteiger partial charge in [-0.15, -0.1) is 0 Å². The minimum absolute atomic E-state index is 0.0546. The molecule has 3 heterocycles. The van der Waals surface area contributed by atoms with E-state index in [-0.39, 0.29) is 6.03 Å². The summed E-state index contributed by atoms with van der Waals surface area (Å²) in [5.74, 6) is 2.73. The van der Waals surface area contributed by atoms with E-state index in [1.165, 1.54) is 25.7 Å². The van der Waals surface area contributed by atoms with Gasteiger partial charge in [-0.3, -0.25) is 4.90 Å². The molecule has 1 N–H and O–H groups in total. The number of carbonyl (C=O) groups excluding carboxylic acids is 1. The molecule has 5 rings (SSSR count). The van der Waals surface area contributed by atoms with E-state index >= 15 is 0 Å². The smallest absolute Gasteiger partial charge is 0.322 e. The second-order valence-corrected chi connectivity index (χ2v) is 9.34. The number of hydrogen-bond acceptors (Lipinski definition) is 5. The predicted octanol–water partition coefficient (Wildman–Crippen LogP) is 4.64. The van der Waals surface area contributed by atoms with Crippen molar-refractivity contribution >= 4 is 11.7 Å². The summed E-state index contributed by atoms with van der Waals surface area (Å²) in [6.07, 6.45) is 9.25. The molecular formula is C24H33N5O2. The Morgan fingerprint density at radius 1 is 1.00 bits per heavy atom. The van der Waals surface area contributed by atoms with Gasteiger partial charge in [0.15, 0.2) is 5.82 Å². The molecule has 1 aromatic heterocycles. The van der Waals surface area contributed by atoms with Crippen molar-refractivity contribution in [2.45, 2.75) is 69.9 Å². The first-order valence-electron chi connectivity index (χ1n) is 11.9. The third-order valence-electron chi connectivity index (χ3n) is 7.05. The maximum atomic E-state index is 13.1. The van der Waals surface area contributed by atoms with E-state index in [1.807, 2.05) is 30.3 Å². The number of para-hydroxylation sites is 1. The number of nitrogens with one attached hydrogen (secondary N) is 1. The highest BCUT2D eigenvalue weighted by Crippen LogP contribution is 2.38. The van der Waals surface area contributed by atoms with E-state index in [0.29, 0.717) is 17.9 Å². The monoisotopic (exact) mass is 423 g/mol. The van der Waals surface area contributed by atoms with Crippen molar-refractivity contribution in [3.63, 3.8) is 0 Å². The molecule has 1 aliphatic carbocycles. The van der Waals surface area contributed by atoms with Gasteiger partial charge in [-0.25, -0.2) is 4.79 Å². The maximum Gasteiger partial charge on any atom is 0.322 e. The van der Waals surface area contributed by atoms with Crippen LogP contribution in [-0.2, 0) is 6.54 Å². The summed E-state index contributed by atoms with van der Waals surface area (Å²) in [5.41, 5.74) is 0.871. The third kappa shape index (κ3) is 5.09. The highest BCUT2D eigenvalue weighted by atomic mass is 16.5. The Kier molecular flexibility index (Phi) is 6.20. The molecular weight excluding hydrogens is 390 g/mol. The fourth-order valence-electron chi connectivity index (χ4n) is 5.12. The largest absolute Gasteiger partial charge is 0.338 e. The van der Waals surface area contributed by atoms with E-state index in [4.69, 9.17) is 4.52 Å². The lowest BCUT2D eigenvalue weighted by Gasteiger charge is -2.40. The summed E-state index contributed by atoms with van der Waals surface area (Å²) >= 11 is 0. The van der Waals surface area contributed by atoms with E-state index in [2.05, 4.69) is 25.3 Å². The first-order chi connectivity index (χ1) is 15.3. The molecule has 2 aromatic rings. The van der Waals surface area contributed by atoms with Gasteiger partial charge < -0.3 is 14.7 Å². The van der Waals surface area contributed by atoms with Crippen LogP contribution in [0.1, 0.15) is 69.0 Å². The van der Waals surface area contributed by atoms with Crippen LogP contribution in [-0.4, -0.2) is 51.6 Å². The number of amides is 2. The van der Waals surface area contributed by atoms with Crippen LogP contribution in [0.5, 0.6) is 0 Å². The molecule has 1 unspecified atom stereocenters. The number of rotatable bonds is 5. The number of anilines is 1. The van der Waals surface area contributed by atoms with Gasteiger partial charge in [0, 0.05) is 24.2 Å². The van der Waals surface area contributed by atoms with Gasteiger partial charge >= 0.3 is 6.03 Å². The van der Waals surface area contributed by atoms with Gasteiger partial charge in [-0.2, -0.15) is 4.98 Å². The van der Waals surface area contributed by atoms with E-state index in [0.717, 1.165) is 69.3 Å². The summed E-state index contributed by atoms with van der Waals surface area (Å²) in [5, 5.41) is 7.26. The molecule has 0 spiro atoms. The maximum absolute atomic E-state index is 13.1. The first kappa shape index (κ1) is 20.5. The fraction of sp³-hybridized carbons (Fsp3) is 0.625. The van der Waals surface area contributed by atoms with Crippen molar-refractivity contribution in [1.82, 2.24) is 19.9 Å². The van der Waals surface area contributed by atoms with Crippen LogP contribution in [0.25, 0.3) is 0 Å². The number of likely N-dealkylation sites (tertiary alicyclic amines) is 2. The Labute approximate surface area is 184 Å². The highest BCUT2D eigenvalue weighted by Gasteiger charge is 2.34. The van der Waals surface area contributed by atoms with Gasteiger partial charge in [0.2, 0.25) is 5.89 Å². The van der Waals surface area contributed by atoms with Crippen molar-refractivity contribution in [2.75, 3.05) is 25.0 Å². The second-order valence-electron chi connectivity index (χ2n) is 9.34. The van der Waals surface area contributed by atoms with Crippen LogP contribution < -0.4 is 5.32 Å². The molecule has 7 heteroatoms. The van der Waals surface area contributed by atoms with Gasteiger partial charge in [0.05, 0.1) is 6.54 Å². The molecule has 1 saturated carbocycles. The van der Waals surface area contributed by atoms with Crippen molar-refractivity contribution in [3.8, 4) is 0 Å². The summed E-state index contributed by atoms with van der Waals surface area (Å²) < 4.78 is 5.47. The van der Waals surface area contributed by atoms with E-state index < -0.39 is 0 Å². The lowest BCUT2D eigenvalue weighted by atomic mass is 9.86. The first-order valence-corrected chi connectivity index (χ1v) is 11.9. The number of urea groups is 1. The fourth-order valence-corrected chi connectivity index (χ4v) is 5.12. The van der Waals surface area contributed by atoms with Gasteiger partial charge in [-0.05, 0) is 69.7 Å². The van der Waals surface area contributed by atoms with Crippen LogP contribution in [0.15, 0.2) is 34.9 Å². The SMILES string of the molecule is O=C(Nc1ccccc1)N1CCCCCC1C1CCN(Cc2nc(C3CC3)no2)CC1. The summed E-state index contributed by atoms with van der Waals surface area (Å²) in [6, 6.07) is 10.2. The number of aromatic nitrogens is 2. The van der Waals surface area contributed by atoms with Crippen molar-refractivity contribution in [1.29, 1.82) is 0 Å². The lowest BCUT2D eigenvalue weighted by Crippen LogP contribution is -2.49. The highest BCUT2D eigenvalue weighted by molar-refractivity contribution is 5.89. The molecule has 0 radical (unpaired) electrons. The molecule has 2 aliphatic heterocycles. The van der Waals surface area contributed by atoms with Crippen LogP contribution in [0.2, 0.25) is 0 Å². The average Bonchev–Trinajstić information content (AvgIpc) is 3.59. The van der Waals surface area contributed by atoms with E-state index in [1.54, 1.807) is 0 Å². The molecule has 1 aromatic carbocycles. The van der Waals surface area contributed by atoms with Crippen LogP contribution in [0.4, 0.5) is 10.5 Å². The molecule has 0 bridgehead atoms. The average molecular weight is 424 g/mol. The zero-order valence-electron chi connectivity index (χ0n) is 18.2. The van der Waals surface area contributed by atoms with Crippen molar-refractivity contribution in [3.05, 3.63) is 42.0 Å². The zero-order chi connectivity index (χ0) is 21.0. The van der Waals surface area contributed by atoms with Crippen LogP contribution >= 0.6 is 0 Å². The molecule has 3 aliphatic rings. The summed E-state index contributed by atoms with van der Waals surface area (Å²) in [7, 11) is 0. The normalized spacial score (nSPS) is 23.5. The lowest BCUT2D eigenvalue weighted by molar-refractivity contribution is 0.0974. The van der Waals surface area contributed by atoms with Gasteiger partial charge in [0.25, 0.3) is 0 Å².